The molecule has 98 valence electrons. The Morgan fingerprint density at radius 3 is 2.68 bits per heavy atom. The van der Waals surface area contributed by atoms with E-state index in [4.69, 9.17) is 17.3 Å². The molecule has 3 nitrogen and oxygen atoms in total. The number of rotatable bonds is 2. The Bertz CT molecular complexity index is 649. The molecule has 0 unspecified atom stereocenters. The number of benzene rings is 2. The quantitative estimate of drug-likeness (QED) is 0.807. The number of carbonyl (C=O) groups is 1. The van der Waals surface area contributed by atoms with E-state index in [9.17, 15) is 9.18 Å². The number of nitrogens with one attached hydrogen (secondary N) is 1. The first-order valence-corrected chi connectivity index (χ1v) is 6.46. The van der Waals surface area contributed by atoms with E-state index in [0.29, 0.717) is 15.2 Å². The van der Waals surface area contributed by atoms with Crippen molar-refractivity contribution in [2.24, 2.45) is 0 Å². The summed E-state index contributed by atoms with van der Waals surface area (Å²) in [6, 6.07) is 8.57. The van der Waals surface area contributed by atoms with E-state index in [-0.39, 0.29) is 11.3 Å². The highest BCUT2D eigenvalue weighted by atomic mass is 79.9. The van der Waals surface area contributed by atoms with Gasteiger partial charge in [-0.1, -0.05) is 11.6 Å². The molecule has 2 aromatic carbocycles. The molecule has 2 rings (SSSR count). The summed E-state index contributed by atoms with van der Waals surface area (Å²) in [6.07, 6.45) is 0. The highest BCUT2D eigenvalue weighted by molar-refractivity contribution is 9.10. The van der Waals surface area contributed by atoms with E-state index in [0.717, 1.165) is 0 Å². The van der Waals surface area contributed by atoms with Crippen LogP contribution in [0.15, 0.2) is 40.9 Å². The molecule has 0 aliphatic rings. The van der Waals surface area contributed by atoms with Gasteiger partial charge in [-0.15, -0.1) is 0 Å². The van der Waals surface area contributed by atoms with Crippen molar-refractivity contribution in [1.29, 1.82) is 0 Å². The lowest BCUT2D eigenvalue weighted by Crippen LogP contribution is -2.14. The Labute approximate surface area is 122 Å². The van der Waals surface area contributed by atoms with Gasteiger partial charge in [0.15, 0.2) is 0 Å². The topological polar surface area (TPSA) is 55.1 Å². The van der Waals surface area contributed by atoms with Gasteiger partial charge in [0.05, 0.1) is 11.3 Å². The van der Waals surface area contributed by atoms with Gasteiger partial charge >= 0.3 is 0 Å². The van der Waals surface area contributed by atoms with E-state index < -0.39 is 11.7 Å². The van der Waals surface area contributed by atoms with Crippen molar-refractivity contribution in [3.05, 3.63) is 57.3 Å². The van der Waals surface area contributed by atoms with E-state index in [1.807, 2.05) is 0 Å². The van der Waals surface area contributed by atoms with E-state index in [1.54, 1.807) is 6.07 Å². The second kappa shape index (κ2) is 5.59. The van der Waals surface area contributed by atoms with Crippen molar-refractivity contribution < 1.29 is 9.18 Å². The molecule has 0 spiro atoms. The molecule has 2 aromatic rings. The number of hydrogen-bond acceptors (Lipinski definition) is 2. The third-order valence-electron chi connectivity index (χ3n) is 2.43. The Morgan fingerprint density at radius 1 is 1.26 bits per heavy atom. The number of halogens is 3. The van der Waals surface area contributed by atoms with Crippen molar-refractivity contribution in [3.63, 3.8) is 0 Å². The van der Waals surface area contributed by atoms with Crippen LogP contribution in [0.4, 0.5) is 15.8 Å². The lowest BCUT2D eigenvalue weighted by Gasteiger charge is -2.09. The maximum absolute atomic E-state index is 13.1. The molecule has 0 fully saturated rings. The smallest absolute Gasteiger partial charge is 0.257 e. The Morgan fingerprint density at radius 2 is 2.00 bits per heavy atom. The largest absolute Gasteiger partial charge is 0.398 e. The van der Waals surface area contributed by atoms with Crippen molar-refractivity contribution in [1.82, 2.24) is 0 Å². The molecule has 0 aromatic heterocycles. The molecule has 0 saturated heterocycles. The van der Waals surface area contributed by atoms with Crippen LogP contribution in [0.5, 0.6) is 0 Å². The summed E-state index contributed by atoms with van der Waals surface area (Å²) in [5, 5.41) is 3.02. The summed E-state index contributed by atoms with van der Waals surface area (Å²) < 4.78 is 13.7. The van der Waals surface area contributed by atoms with Gasteiger partial charge in [-0.3, -0.25) is 4.79 Å². The van der Waals surface area contributed by atoms with Crippen LogP contribution in [0.1, 0.15) is 10.4 Å². The fraction of sp³-hybridized carbons (Fsp3) is 0. The minimum Gasteiger partial charge on any atom is -0.398 e. The fourth-order valence-corrected chi connectivity index (χ4v) is 2.05. The van der Waals surface area contributed by atoms with Crippen LogP contribution >= 0.6 is 27.5 Å². The molecular weight excluding hydrogens is 335 g/mol. The molecule has 1 amide bonds. The van der Waals surface area contributed by atoms with Crippen molar-refractivity contribution >= 4 is 44.8 Å². The maximum Gasteiger partial charge on any atom is 0.257 e. The molecule has 3 N–H and O–H groups in total. The monoisotopic (exact) mass is 342 g/mol. The molecule has 19 heavy (non-hydrogen) atoms. The minimum absolute atomic E-state index is 0.262. The van der Waals surface area contributed by atoms with Gasteiger partial charge in [0.25, 0.3) is 5.91 Å². The van der Waals surface area contributed by atoms with Gasteiger partial charge in [-0.25, -0.2) is 4.39 Å². The zero-order chi connectivity index (χ0) is 14.0. The molecule has 0 heterocycles. The van der Waals surface area contributed by atoms with Gasteiger partial charge in [-0.05, 0) is 52.3 Å². The van der Waals surface area contributed by atoms with Crippen molar-refractivity contribution in [3.8, 4) is 0 Å². The third-order valence-corrected chi connectivity index (χ3v) is 3.36. The molecular formula is C13H9BrClFN2O. The lowest BCUT2D eigenvalue weighted by molar-refractivity contribution is 0.102. The number of amides is 1. The summed E-state index contributed by atoms with van der Waals surface area (Å²) in [7, 11) is 0. The number of nitrogens with two attached hydrogens (primary N) is 1. The number of anilines is 2. The Balaban J connectivity index is 2.28. The summed E-state index contributed by atoms with van der Waals surface area (Å²) in [5.74, 6) is -0.872. The molecule has 0 saturated carbocycles. The van der Waals surface area contributed by atoms with Crippen LogP contribution in [0.25, 0.3) is 0 Å². The highest BCUT2D eigenvalue weighted by Crippen LogP contribution is 2.25. The first kappa shape index (κ1) is 13.8. The van der Waals surface area contributed by atoms with Crippen LogP contribution in [-0.4, -0.2) is 5.91 Å². The summed E-state index contributed by atoms with van der Waals surface area (Å²) in [5.41, 5.74) is 6.59. The van der Waals surface area contributed by atoms with Crippen LogP contribution in [0.2, 0.25) is 5.02 Å². The molecule has 0 aliphatic carbocycles. The van der Waals surface area contributed by atoms with Crippen molar-refractivity contribution in [2.45, 2.75) is 0 Å². The predicted molar refractivity (Wildman–Crippen MR) is 77.9 cm³/mol. The highest BCUT2D eigenvalue weighted by Gasteiger charge is 2.12. The molecule has 0 aliphatic heterocycles. The average molecular weight is 344 g/mol. The molecule has 0 radical (unpaired) electrons. The van der Waals surface area contributed by atoms with E-state index in [1.165, 1.54) is 30.3 Å². The molecule has 0 bridgehead atoms. The number of hydrogen-bond donors (Lipinski definition) is 2. The van der Waals surface area contributed by atoms with Crippen LogP contribution in [0.3, 0.4) is 0 Å². The summed E-state index contributed by atoms with van der Waals surface area (Å²) >= 11 is 8.99. The lowest BCUT2D eigenvalue weighted by atomic mass is 10.1. The zero-order valence-electron chi connectivity index (χ0n) is 9.58. The van der Waals surface area contributed by atoms with E-state index >= 15 is 0 Å². The van der Waals surface area contributed by atoms with Gasteiger partial charge in [0.2, 0.25) is 0 Å². The second-order valence-corrected chi connectivity index (χ2v) is 5.10. The Hall–Kier alpha value is -1.59. The summed E-state index contributed by atoms with van der Waals surface area (Å²) in [4.78, 5) is 12.0. The predicted octanol–water partition coefficient (Wildman–Crippen LogP) is 4.08. The third kappa shape index (κ3) is 3.24. The maximum atomic E-state index is 13.1. The first-order valence-electron chi connectivity index (χ1n) is 5.29. The minimum atomic E-state index is -0.442. The standard InChI is InChI=1S/C13H9BrClFN2O/c14-10-4-2-8(16)6-12(10)18-13(19)9-3-1-7(15)5-11(9)17/h1-6H,17H2,(H,18,19). The van der Waals surface area contributed by atoms with Crippen LogP contribution in [0, 0.1) is 5.82 Å². The average Bonchev–Trinajstić information content (AvgIpc) is 2.33. The van der Waals surface area contributed by atoms with E-state index in [2.05, 4.69) is 21.2 Å². The zero-order valence-corrected chi connectivity index (χ0v) is 11.9. The van der Waals surface area contributed by atoms with Gasteiger partial charge in [0.1, 0.15) is 5.82 Å². The first-order chi connectivity index (χ1) is 8.97. The van der Waals surface area contributed by atoms with Gasteiger partial charge < -0.3 is 11.1 Å². The van der Waals surface area contributed by atoms with Crippen LogP contribution in [-0.2, 0) is 0 Å². The van der Waals surface area contributed by atoms with Gasteiger partial charge in [-0.2, -0.15) is 0 Å². The van der Waals surface area contributed by atoms with Gasteiger partial charge in [0, 0.05) is 15.2 Å². The summed E-state index contributed by atoms with van der Waals surface area (Å²) in [6.45, 7) is 0. The molecule has 6 heteroatoms. The second-order valence-electron chi connectivity index (χ2n) is 3.81. The van der Waals surface area contributed by atoms with Crippen LogP contribution < -0.4 is 11.1 Å². The fourth-order valence-electron chi connectivity index (χ4n) is 1.52. The SMILES string of the molecule is Nc1cc(Cl)ccc1C(=O)Nc1cc(F)ccc1Br. The Kier molecular flexibility index (Phi) is 4.07. The number of nitrogen functional groups attached to an aromatic ring is 1. The number of carbonyl (C=O) groups excluding carboxylic acids is 1. The van der Waals surface area contributed by atoms with Crippen molar-refractivity contribution in [2.75, 3.05) is 11.1 Å². The molecule has 0 atom stereocenters. The normalized spacial score (nSPS) is 10.3.